The lowest BCUT2D eigenvalue weighted by atomic mass is 10.1. The zero-order valence-electron chi connectivity index (χ0n) is 22.3. The molecule has 1 aromatic heterocycles. The van der Waals surface area contributed by atoms with Gasteiger partial charge in [-0.25, -0.2) is 27.4 Å². The number of nitrogens with zero attached hydrogens (tertiary/aromatic N) is 2. The maximum atomic E-state index is 15.4. The lowest BCUT2D eigenvalue weighted by molar-refractivity contribution is 0.0608. The number of carbonyl (C=O) groups excluding carboxylic acids is 2. The highest BCUT2D eigenvalue weighted by atomic mass is 35.5. The van der Waals surface area contributed by atoms with Crippen molar-refractivity contribution >= 4 is 62.3 Å². The minimum atomic E-state index is -4.82. The molecule has 1 heterocycles. The molecule has 0 bridgehead atoms. The third kappa shape index (κ3) is 7.81. The minimum absolute atomic E-state index is 0.0868. The van der Waals surface area contributed by atoms with E-state index in [1.54, 1.807) is 52.0 Å². The van der Waals surface area contributed by atoms with E-state index in [0.717, 1.165) is 29.0 Å². The third-order valence-electron chi connectivity index (χ3n) is 5.13. The molecule has 0 spiro atoms. The molecule has 2 aromatic carbocycles. The van der Waals surface area contributed by atoms with Crippen molar-refractivity contribution in [2.45, 2.75) is 50.9 Å². The Morgan fingerprint density at radius 1 is 1.20 bits per heavy atom. The van der Waals surface area contributed by atoms with Crippen LogP contribution in [-0.2, 0) is 26.0 Å². The van der Waals surface area contributed by atoms with Crippen molar-refractivity contribution < 1.29 is 31.9 Å². The first-order valence-corrected chi connectivity index (χ1v) is 14.6. The molecule has 3 N–H and O–H groups in total. The summed E-state index contributed by atoms with van der Waals surface area (Å²) in [5.74, 6) is -1.39. The Bertz CT molecular complexity index is 1460. The van der Waals surface area contributed by atoms with Crippen LogP contribution in [-0.4, -0.2) is 44.5 Å². The first kappa shape index (κ1) is 31.1. The molecular formula is C25H29ClFN5O6S2. The minimum Gasteiger partial charge on any atom is -0.453 e. The highest BCUT2D eigenvalue weighted by Crippen LogP contribution is 2.34. The molecule has 1 atom stereocenters. The van der Waals surface area contributed by atoms with Crippen LogP contribution >= 0.6 is 22.9 Å². The van der Waals surface area contributed by atoms with Gasteiger partial charge in [0.25, 0.3) is 10.0 Å². The second-order valence-electron chi connectivity index (χ2n) is 9.38. The number of para-hydroxylation sites is 1. The van der Waals surface area contributed by atoms with Crippen molar-refractivity contribution in [1.82, 2.24) is 15.6 Å². The van der Waals surface area contributed by atoms with Gasteiger partial charge in [0.15, 0.2) is 5.82 Å². The van der Waals surface area contributed by atoms with E-state index in [4.69, 9.17) is 16.3 Å². The van der Waals surface area contributed by atoms with E-state index < -0.39 is 44.7 Å². The predicted molar refractivity (Wildman–Crippen MR) is 151 cm³/mol. The van der Waals surface area contributed by atoms with Gasteiger partial charge in [0.05, 0.1) is 29.5 Å². The summed E-state index contributed by atoms with van der Waals surface area (Å²) in [6.45, 7) is 6.74. The number of alkyl carbamates (subject to hydrolysis) is 1. The number of thiazole rings is 1. The number of hydrogen-bond acceptors (Lipinski definition) is 10. The number of halogens is 2. The van der Waals surface area contributed by atoms with E-state index >= 15 is 4.39 Å². The van der Waals surface area contributed by atoms with Crippen LogP contribution < -0.4 is 20.3 Å². The third-order valence-corrected chi connectivity index (χ3v) is 7.70. The Morgan fingerprint density at radius 3 is 2.52 bits per heavy atom. The van der Waals surface area contributed by atoms with Crippen molar-refractivity contribution in [1.29, 1.82) is 0 Å². The number of hydrogen-bond donors (Lipinski definition) is 3. The summed E-state index contributed by atoms with van der Waals surface area (Å²) in [7, 11) is -3.56. The fraction of sp³-hybridized carbons (Fsp3) is 0.320. The van der Waals surface area contributed by atoms with Gasteiger partial charge >= 0.3 is 12.2 Å². The molecule has 2 amide bonds. The number of benzene rings is 2. The summed E-state index contributed by atoms with van der Waals surface area (Å²) in [6.07, 6.45) is -2.26. The molecule has 0 aliphatic carbocycles. The molecule has 0 aliphatic heterocycles. The smallest absolute Gasteiger partial charge is 0.430 e. The average molecular weight is 614 g/mol. The lowest BCUT2D eigenvalue weighted by Crippen LogP contribution is -2.42. The van der Waals surface area contributed by atoms with Crippen LogP contribution in [0.5, 0.6) is 0 Å². The van der Waals surface area contributed by atoms with Crippen LogP contribution in [0.2, 0.25) is 5.02 Å². The molecule has 3 rings (SSSR count). The van der Waals surface area contributed by atoms with Crippen LogP contribution in [0.15, 0.2) is 52.2 Å². The van der Waals surface area contributed by atoms with Crippen LogP contribution in [0.3, 0.4) is 0 Å². The number of ether oxygens (including phenoxy) is 2. The predicted octanol–water partition coefficient (Wildman–Crippen LogP) is 5.60. The molecule has 3 aromatic rings. The Labute approximate surface area is 240 Å². The molecule has 1 unspecified atom stereocenters. The molecule has 216 valence electrons. The maximum absolute atomic E-state index is 15.4. The number of aromatic nitrogens is 1. The van der Waals surface area contributed by atoms with Gasteiger partial charge in [0.1, 0.15) is 16.3 Å². The number of sulfonamides is 1. The molecule has 15 heteroatoms. The fourth-order valence-electron chi connectivity index (χ4n) is 3.34. The van der Waals surface area contributed by atoms with Crippen molar-refractivity contribution in [3.05, 3.63) is 63.7 Å². The maximum Gasteiger partial charge on any atom is 0.430 e. The number of anilines is 3. The molecule has 0 fully saturated rings. The van der Waals surface area contributed by atoms with Gasteiger partial charge < -0.3 is 20.1 Å². The standard InChI is InChI=1S/C25H29ClFN5O6S2/c1-15(30-23(33)37-5)28-12-16-8-6-7-9-19(16)31-20-11-18(27)21(10-17(20)26)40(35,36)32(22-13-39-14-29-22)24(34)38-25(2,3)4/h6-11,13-15,28,31H,12H2,1-5H3,(H,30,33). The van der Waals surface area contributed by atoms with Crippen LogP contribution in [0.4, 0.5) is 31.2 Å². The lowest BCUT2D eigenvalue weighted by Gasteiger charge is -2.26. The molecule has 0 saturated heterocycles. The summed E-state index contributed by atoms with van der Waals surface area (Å²) in [5.41, 5.74) is 1.69. The number of carbonyl (C=O) groups is 2. The first-order valence-electron chi connectivity index (χ1n) is 11.8. The molecule has 40 heavy (non-hydrogen) atoms. The summed E-state index contributed by atoms with van der Waals surface area (Å²) < 4.78 is 52.6. The second kappa shape index (κ2) is 12.8. The van der Waals surface area contributed by atoms with Gasteiger partial charge in [-0.1, -0.05) is 29.8 Å². The highest BCUT2D eigenvalue weighted by Gasteiger charge is 2.38. The average Bonchev–Trinajstić information content (AvgIpc) is 3.38. The van der Waals surface area contributed by atoms with Crippen LogP contribution in [0.25, 0.3) is 0 Å². The van der Waals surface area contributed by atoms with Crippen molar-refractivity contribution in [3.63, 3.8) is 0 Å². The molecule has 0 saturated carbocycles. The highest BCUT2D eigenvalue weighted by molar-refractivity contribution is 7.93. The number of nitrogens with one attached hydrogen (secondary N) is 3. The summed E-state index contributed by atoms with van der Waals surface area (Å²) >= 11 is 7.46. The van der Waals surface area contributed by atoms with E-state index in [1.807, 2.05) is 0 Å². The Morgan fingerprint density at radius 2 is 1.90 bits per heavy atom. The van der Waals surface area contributed by atoms with Crippen LogP contribution in [0, 0.1) is 5.82 Å². The first-order chi connectivity index (χ1) is 18.7. The van der Waals surface area contributed by atoms with Crippen molar-refractivity contribution in [3.8, 4) is 0 Å². The summed E-state index contributed by atoms with van der Waals surface area (Å²) in [6, 6.07) is 8.91. The van der Waals surface area contributed by atoms with Gasteiger partial charge in [0, 0.05) is 23.7 Å². The van der Waals surface area contributed by atoms with E-state index in [2.05, 4.69) is 25.7 Å². The van der Waals surface area contributed by atoms with Gasteiger partial charge in [-0.2, -0.15) is 0 Å². The fourth-order valence-corrected chi connectivity index (χ4v) is 5.54. The van der Waals surface area contributed by atoms with Crippen molar-refractivity contribution in [2.24, 2.45) is 0 Å². The summed E-state index contributed by atoms with van der Waals surface area (Å²) in [4.78, 5) is 27.4. The van der Waals surface area contributed by atoms with Gasteiger partial charge in [-0.15, -0.1) is 15.6 Å². The molecule has 0 radical (unpaired) electrons. The largest absolute Gasteiger partial charge is 0.453 e. The quantitative estimate of drug-likeness (QED) is 0.263. The Hall–Kier alpha value is -3.46. The second-order valence-corrected chi connectivity index (χ2v) is 12.3. The van der Waals surface area contributed by atoms with Crippen molar-refractivity contribution in [2.75, 3.05) is 16.7 Å². The van der Waals surface area contributed by atoms with Gasteiger partial charge in [-0.3, -0.25) is 5.32 Å². The summed E-state index contributed by atoms with van der Waals surface area (Å²) in [5, 5.41) is 9.90. The molecule has 11 nitrogen and oxygen atoms in total. The normalized spacial score (nSPS) is 12.4. The van der Waals surface area contributed by atoms with Gasteiger partial charge in [-0.05, 0) is 45.4 Å². The number of amides is 2. The van der Waals surface area contributed by atoms with E-state index in [1.165, 1.54) is 18.0 Å². The van der Waals surface area contributed by atoms with E-state index in [-0.39, 0.29) is 16.5 Å². The van der Waals surface area contributed by atoms with E-state index in [9.17, 15) is 18.0 Å². The van der Waals surface area contributed by atoms with Gasteiger partial charge in [0.2, 0.25) is 0 Å². The molecular weight excluding hydrogens is 585 g/mol. The Kier molecular flexibility index (Phi) is 9.95. The number of methoxy groups -OCH3 is 1. The topological polar surface area (TPSA) is 139 Å². The Balaban J connectivity index is 1.90. The number of rotatable bonds is 9. The van der Waals surface area contributed by atoms with E-state index in [0.29, 0.717) is 16.5 Å². The van der Waals surface area contributed by atoms with Crippen LogP contribution in [0.1, 0.15) is 33.3 Å². The zero-order chi connectivity index (χ0) is 29.7. The SMILES string of the molecule is COC(=O)NC(C)NCc1ccccc1Nc1cc(F)c(S(=O)(=O)N(C(=O)OC(C)(C)C)c2cscn2)cc1Cl. The monoisotopic (exact) mass is 613 g/mol. The molecule has 0 aliphatic rings. The zero-order valence-corrected chi connectivity index (χ0v) is 24.7.